The molecule has 0 spiro atoms. The van der Waals surface area contributed by atoms with Crippen LogP contribution in [0.2, 0.25) is 0 Å². The zero-order valence-electron chi connectivity index (χ0n) is 12.7. The fourth-order valence-corrected chi connectivity index (χ4v) is 2.23. The van der Waals surface area contributed by atoms with Gasteiger partial charge in [-0.15, -0.1) is 0 Å². The van der Waals surface area contributed by atoms with Crippen LogP contribution in [-0.4, -0.2) is 31.1 Å². The van der Waals surface area contributed by atoms with E-state index < -0.39 is 0 Å². The normalized spacial score (nSPS) is 16.1. The average Bonchev–Trinajstić information content (AvgIpc) is 2.41. The summed E-state index contributed by atoms with van der Waals surface area (Å²) in [6, 6.07) is 5.44. The summed E-state index contributed by atoms with van der Waals surface area (Å²) in [5.41, 5.74) is 2.19. The summed E-state index contributed by atoms with van der Waals surface area (Å²) < 4.78 is 13.5. The van der Waals surface area contributed by atoms with Crippen molar-refractivity contribution in [3.8, 4) is 0 Å². The number of nitrogens with zero attached hydrogens (tertiary/aromatic N) is 1. The molecule has 1 aliphatic heterocycles. The maximum Gasteiger partial charge on any atom is 0.123 e. The Hall–Kier alpha value is -0.930. The van der Waals surface area contributed by atoms with E-state index in [1.54, 1.807) is 12.1 Å². The van der Waals surface area contributed by atoms with E-state index in [1.165, 1.54) is 0 Å². The van der Waals surface area contributed by atoms with Crippen LogP contribution in [0.4, 0.5) is 4.39 Å². The first-order chi connectivity index (χ1) is 9.15. The standard InChI is InChI=1S/C14H21FN2.C2H6/c1-11(2)13-7-12(8-14(15)9-13)10-17-5-3-16-4-6-17;1-2/h7-9,11,16H,3-6,10H2,1-2H3;1-2H3. The van der Waals surface area contributed by atoms with E-state index in [9.17, 15) is 4.39 Å². The Morgan fingerprint density at radius 1 is 1.16 bits per heavy atom. The van der Waals surface area contributed by atoms with E-state index >= 15 is 0 Å². The molecule has 1 aromatic carbocycles. The van der Waals surface area contributed by atoms with Gasteiger partial charge in [0.15, 0.2) is 0 Å². The molecule has 1 aliphatic rings. The number of rotatable bonds is 3. The third-order valence-corrected chi connectivity index (χ3v) is 3.26. The smallest absolute Gasteiger partial charge is 0.123 e. The van der Waals surface area contributed by atoms with E-state index in [2.05, 4.69) is 30.1 Å². The molecule has 0 amide bonds. The van der Waals surface area contributed by atoms with Crippen LogP contribution >= 0.6 is 0 Å². The van der Waals surface area contributed by atoms with Gasteiger partial charge in [0.2, 0.25) is 0 Å². The van der Waals surface area contributed by atoms with Crippen molar-refractivity contribution in [1.82, 2.24) is 10.2 Å². The van der Waals surface area contributed by atoms with Gasteiger partial charge in [-0.25, -0.2) is 4.39 Å². The third-order valence-electron chi connectivity index (χ3n) is 3.26. The van der Waals surface area contributed by atoms with Crippen molar-refractivity contribution in [3.63, 3.8) is 0 Å². The lowest BCUT2D eigenvalue weighted by atomic mass is 10.0. The van der Waals surface area contributed by atoms with Crippen LogP contribution in [0.5, 0.6) is 0 Å². The third kappa shape index (κ3) is 5.29. The summed E-state index contributed by atoms with van der Waals surface area (Å²) in [5, 5.41) is 3.33. The predicted octanol–water partition coefficient (Wildman–Crippen LogP) is 3.38. The van der Waals surface area contributed by atoms with Crippen LogP contribution in [0.3, 0.4) is 0 Å². The molecule has 19 heavy (non-hydrogen) atoms. The molecule has 0 unspecified atom stereocenters. The molecule has 0 aliphatic carbocycles. The minimum atomic E-state index is -0.110. The minimum Gasteiger partial charge on any atom is -0.314 e. The van der Waals surface area contributed by atoms with Crippen molar-refractivity contribution in [2.45, 2.75) is 40.2 Å². The van der Waals surface area contributed by atoms with E-state index in [0.717, 1.165) is 43.9 Å². The molecule has 0 atom stereocenters. The lowest BCUT2D eigenvalue weighted by Gasteiger charge is -2.27. The van der Waals surface area contributed by atoms with Gasteiger partial charge < -0.3 is 5.32 Å². The molecule has 0 saturated carbocycles. The fourth-order valence-electron chi connectivity index (χ4n) is 2.23. The number of hydrogen-bond donors (Lipinski definition) is 1. The quantitative estimate of drug-likeness (QED) is 0.902. The topological polar surface area (TPSA) is 15.3 Å². The van der Waals surface area contributed by atoms with Gasteiger partial charge in [0.05, 0.1) is 0 Å². The van der Waals surface area contributed by atoms with Crippen LogP contribution in [-0.2, 0) is 6.54 Å². The zero-order chi connectivity index (χ0) is 14.3. The van der Waals surface area contributed by atoms with Gasteiger partial charge in [0.1, 0.15) is 5.82 Å². The first-order valence-electron chi connectivity index (χ1n) is 7.37. The monoisotopic (exact) mass is 266 g/mol. The van der Waals surface area contributed by atoms with Gasteiger partial charge in [-0.2, -0.15) is 0 Å². The highest BCUT2D eigenvalue weighted by atomic mass is 19.1. The molecule has 1 fully saturated rings. The van der Waals surface area contributed by atoms with E-state index in [-0.39, 0.29) is 5.82 Å². The van der Waals surface area contributed by atoms with Gasteiger partial charge in [-0.05, 0) is 29.2 Å². The number of hydrogen-bond acceptors (Lipinski definition) is 2. The molecule has 1 N–H and O–H groups in total. The van der Waals surface area contributed by atoms with Crippen LogP contribution in [0.15, 0.2) is 18.2 Å². The summed E-state index contributed by atoms with van der Waals surface area (Å²) in [5.74, 6) is 0.272. The van der Waals surface area contributed by atoms with E-state index in [4.69, 9.17) is 0 Å². The molecular weight excluding hydrogens is 239 g/mol. The molecule has 1 aromatic rings. The van der Waals surface area contributed by atoms with Gasteiger partial charge in [0, 0.05) is 32.7 Å². The Morgan fingerprint density at radius 2 is 1.79 bits per heavy atom. The van der Waals surface area contributed by atoms with Crippen LogP contribution in [0, 0.1) is 5.82 Å². The second kappa shape index (κ2) is 8.28. The van der Waals surface area contributed by atoms with Crippen LogP contribution < -0.4 is 5.32 Å². The van der Waals surface area contributed by atoms with E-state index in [0.29, 0.717) is 5.92 Å². The maximum absolute atomic E-state index is 13.5. The SMILES string of the molecule is CC.CC(C)c1cc(F)cc(CN2CCNCC2)c1. The van der Waals surface area contributed by atoms with Crippen LogP contribution in [0.1, 0.15) is 44.7 Å². The highest BCUT2D eigenvalue weighted by Gasteiger charge is 2.11. The average molecular weight is 266 g/mol. The Bertz CT molecular complexity index is 371. The molecular formula is C16H27FN2. The summed E-state index contributed by atoms with van der Waals surface area (Å²) in [6.45, 7) is 13.2. The first kappa shape index (κ1) is 16.1. The fraction of sp³-hybridized carbons (Fsp3) is 0.625. The van der Waals surface area contributed by atoms with E-state index in [1.807, 2.05) is 13.8 Å². The Labute approximate surface area is 117 Å². The summed E-state index contributed by atoms with van der Waals surface area (Å²) in [6.07, 6.45) is 0. The molecule has 3 heteroatoms. The maximum atomic E-state index is 13.5. The molecule has 0 bridgehead atoms. The van der Waals surface area contributed by atoms with Crippen molar-refractivity contribution in [2.75, 3.05) is 26.2 Å². The Morgan fingerprint density at radius 3 is 2.37 bits per heavy atom. The molecule has 1 heterocycles. The largest absolute Gasteiger partial charge is 0.314 e. The molecule has 1 saturated heterocycles. The van der Waals surface area contributed by atoms with Crippen molar-refractivity contribution >= 4 is 0 Å². The van der Waals surface area contributed by atoms with Crippen molar-refractivity contribution in [2.24, 2.45) is 0 Å². The molecule has 108 valence electrons. The molecule has 0 aromatic heterocycles. The summed E-state index contributed by atoms with van der Waals surface area (Å²) >= 11 is 0. The highest BCUT2D eigenvalue weighted by Crippen LogP contribution is 2.19. The lowest BCUT2D eigenvalue weighted by Crippen LogP contribution is -2.42. The summed E-state index contributed by atoms with van der Waals surface area (Å²) in [4.78, 5) is 2.37. The second-order valence-electron chi connectivity index (χ2n) is 5.07. The Balaban J connectivity index is 0.000000861. The molecule has 2 nitrogen and oxygen atoms in total. The van der Waals surface area contributed by atoms with Crippen molar-refractivity contribution in [3.05, 3.63) is 35.1 Å². The van der Waals surface area contributed by atoms with Gasteiger partial charge >= 0.3 is 0 Å². The lowest BCUT2D eigenvalue weighted by molar-refractivity contribution is 0.233. The van der Waals surface area contributed by atoms with Gasteiger partial charge in [0.25, 0.3) is 0 Å². The molecule has 0 radical (unpaired) electrons. The van der Waals surface area contributed by atoms with Crippen molar-refractivity contribution < 1.29 is 4.39 Å². The Kier molecular flexibility index (Phi) is 7.03. The highest BCUT2D eigenvalue weighted by molar-refractivity contribution is 5.26. The predicted molar refractivity (Wildman–Crippen MR) is 80.0 cm³/mol. The number of nitrogens with one attached hydrogen (secondary N) is 1. The number of piperazine rings is 1. The zero-order valence-corrected chi connectivity index (χ0v) is 12.7. The van der Waals surface area contributed by atoms with Crippen LogP contribution in [0.25, 0.3) is 0 Å². The summed E-state index contributed by atoms with van der Waals surface area (Å²) in [7, 11) is 0. The number of halogens is 1. The van der Waals surface area contributed by atoms with Crippen molar-refractivity contribution in [1.29, 1.82) is 0 Å². The van der Waals surface area contributed by atoms with Gasteiger partial charge in [-0.1, -0.05) is 33.8 Å². The van der Waals surface area contributed by atoms with Gasteiger partial charge in [-0.3, -0.25) is 4.90 Å². The second-order valence-corrected chi connectivity index (χ2v) is 5.07. The number of benzene rings is 1. The molecule has 2 rings (SSSR count). The minimum absolute atomic E-state index is 0.110. The first-order valence-corrected chi connectivity index (χ1v) is 7.37.